The molecule has 1 radical (unpaired) electrons. The van der Waals surface area contributed by atoms with Crippen LogP contribution in [0.2, 0.25) is 0 Å². The average molecular weight is 568 g/mol. The Balaban J connectivity index is 0.000000855. The zero-order valence-corrected chi connectivity index (χ0v) is 25.8. The molecule has 6 nitrogen and oxygen atoms in total. The van der Waals surface area contributed by atoms with E-state index in [-0.39, 0.29) is 49.9 Å². The molecule has 0 spiro atoms. The van der Waals surface area contributed by atoms with E-state index in [0.717, 1.165) is 57.8 Å². The summed E-state index contributed by atoms with van der Waals surface area (Å²) in [6.45, 7) is 3.56. The van der Waals surface area contributed by atoms with Crippen molar-refractivity contribution in [2.75, 3.05) is 20.3 Å². The molecule has 0 amide bonds. The van der Waals surface area contributed by atoms with Crippen molar-refractivity contribution in [3.05, 3.63) is 42.8 Å². The molecule has 1 saturated heterocycles. The van der Waals surface area contributed by atoms with Crippen molar-refractivity contribution in [1.82, 2.24) is 0 Å². The molecule has 1 heterocycles. The number of aliphatic hydroxyl groups excluding tert-OH is 1. The second-order valence-electron chi connectivity index (χ2n) is 9.85. The number of aliphatic hydroxyl groups is 1. The number of carbonyl (C=O) groups is 1. The number of esters is 1. The Kier molecular flexibility index (Phi) is 19.3. The number of rotatable bonds is 15. The van der Waals surface area contributed by atoms with Crippen LogP contribution in [0.4, 0.5) is 0 Å². The molecule has 1 aliphatic heterocycles. The number of benzene rings is 1. The number of carbonyl (C=O) groups excluding carboxylic acids is 1. The van der Waals surface area contributed by atoms with Crippen molar-refractivity contribution in [1.29, 1.82) is 0 Å². The number of methoxy groups -OCH3 is 1. The molecule has 2 fully saturated rings. The van der Waals surface area contributed by atoms with Crippen molar-refractivity contribution < 1.29 is 54.5 Å². The zero-order chi connectivity index (χ0) is 26.1. The van der Waals surface area contributed by atoms with Crippen molar-refractivity contribution in [3.8, 4) is 0 Å². The standard InChI is InChI=1S/C23H42O6P.C6H5.Sc/c1-3-4-9-13-23(27-15-16-28-23)14-12-19-18(20(24)17-21(19)29-30)10-7-5-6-8-11-22(25)26-2;1-2-4-6-5-3-1;/h11,18-21,24H,3-10,12-17,30H2,1-2H3;1-5H;/q2*-1;/t18?,19-,20?,21?;;/m1../s1. The fraction of sp³-hybridized carbons (Fsp3) is 0.724. The second-order valence-corrected chi connectivity index (χ2v) is 10.1. The van der Waals surface area contributed by atoms with Gasteiger partial charge in [0.05, 0.1) is 32.5 Å². The molecule has 1 N–H and O–H groups in total. The quantitative estimate of drug-likeness (QED) is 0.120. The predicted octanol–water partition coefficient (Wildman–Crippen LogP) is 6.07. The first-order chi connectivity index (χ1) is 17.5. The van der Waals surface area contributed by atoms with Crippen molar-refractivity contribution in [2.24, 2.45) is 11.8 Å². The van der Waals surface area contributed by atoms with E-state index in [9.17, 15) is 9.90 Å². The van der Waals surface area contributed by atoms with E-state index in [1.807, 2.05) is 30.3 Å². The molecular formula is C29H47O6PSc-2. The van der Waals surface area contributed by atoms with Crippen LogP contribution in [0.3, 0.4) is 0 Å². The third-order valence-corrected chi connectivity index (χ3v) is 7.71. The summed E-state index contributed by atoms with van der Waals surface area (Å²) in [7, 11) is 3.80. The first-order valence-corrected chi connectivity index (χ1v) is 14.2. The Bertz CT molecular complexity index is 662. The topological polar surface area (TPSA) is 74.2 Å². The minimum atomic E-state index is -0.442. The molecule has 8 heteroatoms. The smallest absolute Gasteiger partial charge is 0.168 e. The van der Waals surface area contributed by atoms with Gasteiger partial charge in [-0.2, -0.15) is 42.8 Å². The largest absolute Gasteiger partial charge is 0.491 e. The molecule has 1 aromatic rings. The number of ether oxygens (including phenoxy) is 3. The van der Waals surface area contributed by atoms with Gasteiger partial charge in [-0.05, 0) is 31.1 Å². The average Bonchev–Trinajstić information content (AvgIpc) is 3.50. The van der Waals surface area contributed by atoms with Crippen molar-refractivity contribution in [3.63, 3.8) is 0 Å². The zero-order valence-electron chi connectivity index (χ0n) is 22.8. The van der Waals surface area contributed by atoms with E-state index < -0.39 is 5.79 Å². The molecule has 1 aliphatic carbocycles. The molecule has 37 heavy (non-hydrogen) atoms. The normalized spacial score (nSPS) is 24.0. The Morgan fingerprint density at radius 3 is 2.35 bits per heavy atom. The molecule has 1 aromatic carbocycles. The van der Waals surface area contributed by atoms with Gasteiger partial charge in [-0.25, -0.2) is 0 Å². The van der Waals surface area contributed by atoms with Crippen LogP contribution < -0.4 is 0 Å². The van der Waals surface area contributed by atoms with Gasteiger partial charge in [-0.15, -0.1) is 0 Å². The molecule has 4 unspecified atom stereocenters. The van der Waals surface area contributed by atoms with Crippen LogP contribution >= 0.6 is 9.47 Å². The number of hydrogen-bond donors (Lipinski definition) is 1. The van der Waals surface area contributed by atoms with Crippen LogP contribution in [-0.2, 0) is 49.4 Å². The van der Waals surface area contributed by atoms with Gasteiger partial charge in [0.15, 0.2) is 11.8 Å². The fourth-order valence-corrected chi connectivity index (χ4v) is 5.71. The van der Waals surface area contributed by atoms with Crippen LogP contribution in [0.5, 0.6) is 0 Å². The maximum absolute atomic E-state index is 11.2. The van der Waals surface area contributed by atoms with Gasteiger partial charge in [0.2, 0.25) is 0 Å². The summed E-state index contributed by atoms with van der Waals surface area (Å²) in [5, 5.41) is 10.7. The molecule has 0 bridgehead atoms. The molecule has 5 atom stereocenters. The molecule has 209 valence electrons. The van der Waals surface area contributed by atoms with Gasteiger partial charge in [0, 0.05) is 54.6 Å². The van der Waals surface area contributed by atoms with E-state index in [4.69, 9.17) is 14.0 Å². The maximum Gasteiger partial charge on any atom is 0.168 e. The first kappa shape index (κ1) is 34.7. The fourth-order valence-electron chi connectivity index (χ4n) is 5.40. The summed E-state index contributed by atoms with van der Waals surface area (Å²) in [5.41, 5.74) is 0. The summed E-state index contributed by atoms with van der Waals surface area (Å²) in [6.07, 6.45) is 13.1. The predicted molar refractivity (Wildman–Crippen MR) is 145 cm³/mol. The Morgan fingerprint density at radius 2 is 1.78 bits per heavy atom. The summed E-state index contributed by atoms with van der Waals surface area (Å²) >= 11 is 0. The molecule has 3 rings (SSSR count). The third-order valence-electron chi connectivity index (χ3n) is 7.36. The van der Waals surface area contributed by atoms with Gasteiger partial charge in [-0.1, -0.05) is 39.0 Å². The van der Waals surface area contributed by atoms with Gasteiger partial charge >= 0.3 is 0 Å². The summed E-state index contributed by atoms with van der Waals surface area (Å²) in [6, 6.07) is 12.5. The van der Waals surface area contributed by atoms with E-state index >= 15 is 0 Å². The third kappa shape index (κ3) is 13.1. The van der Waals surface area contributed by atoms with Gasteiger partial charge < -0.3 is 23.8 Å². The number of hydrogen-bond acceptors (Lipinski definition) is 6. The van der Waals surface area contributed by atoms with Crippen LogP contribution in [0.25, 0.3) is 0 Å². The van der Waals surface area contributed by atoms with Crippen molar-refractivity contribution in [2.45, 2.75) is 102 Å². The monoisotopic (exact) mass is 567 g/mol. The van der Waals surface area contributed by atoms with Gasteiger partial charge in [0.25, 0.3) is 0 Å². The van der Waals surface area contributed by atoms with Gasteiger partial charge in [0.1, 0.15) is 0 Å². The Morgan fingerprint density at radius 1 is 1.05 bits per heavy atom. The van der Waals surface area contributed by atoms with E-state index in [1.54, 1.807) is 6.42 Å². The van der Waals surface area contributed by atoms with Crippen LogP contribution in [0.1, 0.15) is 84.0 Å². The summed E-state index contributed by atoms with van der Waals surface area (Å²) < 4.78 is 22.4. The van der Waals surface area contributed by atoms with E-state index in [1.165, 1.54) is 20.0 Å². The molecule has 0 aromatic heterocycles. The summed E-state index contributed by atoms with van der Waals surface area (Å²) in [4.78, 5) is 11.2. The van der Waals surface area contributed by atoms with Crippen LogP contribution in [0, 0.1) is 24.3 Å². The number of unbranched alkanes of at least 4 members (excludes halogenated alkanes) is 5. The SMILES string of the molecule is CCCCCC1(CC[C@H]2C(OP)CC(O)C2CCCCC[CH-]C(=O)OC)OCCO1.[Sc].[c-]1ccccc1. The van der Waals surface area contributed by atoms with Crippen LogP contribution in [0.15, 0.2) is 30.3 Å². The van der Waals surface area contributed by atoms with Crippen LogP contribution in [-0.4, -0.2) is 49.4 Å². The molecule has 1 saturated carbocycles. The molecular weight excluding hydrogens is 520 g/mol. The van der Waals surface area contributed by atoms with Crippen molar-refractivity contribution >= 4 is 15.4 Å². The minimum Gasteiger partial charge on any atom is -0.491 e. The second kappa shape index (κ2) is 20.6. The van der Waals surface area contributed by atoms with Gasteiger partial charge in [-0.3, -0.25) is 11.2 Å². The molecule has 2 aliphatic rings. The summed E-state index contributed by atoms with van der Waals surface area (Å²) in [5.74, 6) is -0.141. The maximum atomic E-state index is 11.2. The van der Waals surface area contributed by atoms with E-state index in [2.05, 4.69) is 27.2 Å². The Labute approximate surface area is 246 Å². The minimum absolute atomic E-state index is 0. The van der Waals surface area contributed by atoms with E-state index in [0.29, 0.717) is 25.6 Å². The first-order valence-electron chi connectivity index (χ1n) is 13.7. The Hall–Kier alpha value is -0.300.